The number of likely N-dealkylation sites (tertiary alicyclic amines) is 4. The third kappa shape index (κ3) is 24.6. The highest BCUT2D eigenvalue weighted by molar-refractivity contribution is 9.10. The standard InChI is InChI=1S/C29H35BrN4O2S.C29H38N4O2S.C28H33BrN4O3S.C28H33N7O3S/c1-3-18(2)27(35)33-26(19-10-5-4-6-11-19)29(36)34-15-9-14-24(34)28-32-23(17-37-28)21-16-25(30)31-22-13-8-7-12-20(21)22;1-4-19(2)27(34)31-25(21-11-6-5-7-12-21)29(35)33-16-10-14-24(33)28-30-23(18-36-28)26-20(3)17-22-13-8-9-15-32(22)26;1-3-17(2)26(34)32-25(18-10-13-36-14-11-18)28(35)33-12-6-9-23(33)27-31-22(16-37-27)20-15-24(29)30-21-8-5-4-7-19(20)21;1-17(29-2)26(36)32-25(18-9-12-38-13-10-18)28(37)34-11-5-8-23(34)27-31-21(15-39-27)20-14-24-33-30-16-35(24)22-7-4-3-6-19(20)22/h7-8,12-13,16-19,24,26H,3-6,9-11,14-15H2,1-2H3,(H,33,35);8-9,13,15,17-19,21,24-25H,4-7,10-12,14,16H2,1-3H3,(H,31,34);4-5,7-8,15-18,23,25H,3,6,9-14H2,1-2H3,(H,32,34);3-4,6-7,14-18,23,25,29H,5,8-13H2,1-2H3,(H,32,36)/t18-,24+,26+;19-,24+,25+;17-,23+,25+;17-,23-,25-/m1110/s1. The number of nitrogens with one attached hydrogen (secondary N) is 5. The van der Waals surface area contributed by atoms with E-state index in [-0.39, 0.29) is 119 Å². The molecule has 21 rings (SSSR count). The van der Waals surface area contributed by atoms with Crippen molar-refractivity contribution in [1.82, 2.24) is 95.1 Å². The molecule has 3 aromatic carbocycles. The molecule has 6 saturated heterocycles. The minimum Gasteiger partial charge on any atom is -0.381 e. The second kappa shape index (κ2) is 50.2. The minimum atomic E-state index is -0.573. The first-order valence-corrected chi connectivity index (χ1v) is 59.0. The van der Waals surface area contributed by atoms with Crippen LogP contribution in [-0.4, -0.2) is 206 Å². The lowest BCUT2D eigenvalue weighted by molar-refractivity contribution is -0.140. The molecule has 6 aliphatic heterocycles. The normalized spacial score (nSPS) is 20.2. The van der Waals surface area contributed by atoms with Crippen LogP contribution in [-0.2, 0) is 47.8 Å². The van der Waals surface area contributed by atoms with E-state index in [1.807, 2.05) is 138 Å². The van der Waals surface area contributed by atoms with Crippen molar-refractivity contribution in [2.75, 3.05) is 59.7 Å². The SMILES string of the molecule is CC[C@@H](C)C(=O)N[C@H](C(=O)N1CCC[C@H]1c1nc(-c2c(C)cc3ccccn23)cs1)C1CCCCC1.CC[C@@H](C)C(=O)N[C@H](C(=O)N1CCC[C@H]1c1nc(-c2cc(Br)nc3ccccc23)cs1)C1CCCCC1.CC[C@@H](C)C(=O)N[C@H](C(=O)N1CCC[C@H]1c1nc(-c2cc(Br)nc3ccccc23)cs1)C1CCOCC1.CN[C@@H](C)C(=O)N[C@H](C(=O)N1CCC[C@H]1c1nc(-c2cc3nncn3c3ccccc23)cs1)C1CCOCC1. The summed E-state index contributed by atoms with van der Waals surface area (Å²) in [5.74, 6) is 0.208. The van der Waals surface area contributed by atoms with E-state index in [4.69, 9.17) is 29.4 Å². The first-order chi connectivity index (χ1) is 72.4. The van der Waals surface area contributed by atoms with Gasteiger partial charge in [0.05, 0.1) is 75.2 Å². The zero-order chi connectivity index (χ0) is 104. The second-order valence-corrected chi connectivity index (χ2v) is 46.6. The molecule has 8 aliphatic rings. The third-order valence-corrected chi connectivity index (χ3v) is 36.6. The molecular formula is C114H139Br2N19O10S4. The van der Waals surface area contributed by atoms with Gasteiger partial charge in [-0.2, -0.15) is 0 Å². The summed E-state index contributed by atoms with van der Waals surface area (Å²) < 4.78 is 16.8. The van der Waals surface area contributed by atoms with Gasteiger partial charge in [0.1, 0.15) is 59.7 Å². The summed E-state index contributed by atoms with van der Waals surface area (Å²) in [5, 5.41) is 39.3. The van der Waals surface area contributed by atoms with Crippen LogP contribution in [0, 0.1) is 48.3 Å². The molecule has 35 heteroatoms. The maximum atomic E-state index is 14.1. The highest BCUT2D eigenvalue weighted by Gasteiger charge is 2.47. The van der Waals surface area contributed by atoms with Crippen LogP contribution in [0.25, 0.3) is 89.0 Å². The average molecular weight is 2220 g/mol. The molecule has 10 aromatic heterocycles. The molecule has 29 nitrogen and oxygen atoms in total. The smallest absolute Gasteiger partial charge is 0.246 e. The fraction of sp³-hybridized carbons (Fsp3) is 0.509. The van der Waals surface area contributed by atoms with Crippen molar-refractivity contribution >= 4 is 168 Å². The Morgan fingerprint density at radius 2 is 0.752 bits per heavy atom. The van der Waals surface area contributed by atoms with Crippen LogP contribution in [0.5, 0.6) is 0 Å². The van der Waals surface area contributed by atoms with Gasteiger partial charge in [0.25, 0.3) is 0 Å². The van der Waals surface area contributed by atoms with Crippen molar-refractivity contribution in [2.24, 2.45) is 41.4 Å². The second-order valence-electron chi connectivity index (χ2n) is 41.4. The summed E-state index contributed by atoms with van der Waals surface area (Å²) in [6.45, 7) is 21.0. The van der Waals surface area contributed by atoms with E-state index in [9.17, 15) is 38.4 Å². The molecule has 788 valence electrons. The average Bonchev–Trinajstić information content (AvgIpc) is 1.62. The number of amides is 8. The highest BCUT2D eigenvalue weighted by Crippen LogP contribution is 2.46. The first kappa shape index (κ1) is 108. The van der Waals surface area contributed by atoms with Crippen LogP contribution in [0.15, 0.2) is 159 Å². The fourth-order valence-electron chi connectivity index (χ4n) is 22.7. The van der Waals surface area contributed by atoms with Crippen LogP contribution in [0.4, 0.5) is 0 Å². The molecule has 0 bridgehead atoms. The molecule has 5 N–H and O–H groups in total. The van der Waals surface area contributed by atoms with Crippen molar-refractivity contribution < 1.29 is 47.8 Å². The Hall–Kier alpha value is -10.8. The number of aromatic nitrogens is 10. The number of carbonyl (C=O) groups is 8. The quantitative estimate of drug-likeness (QED) is 0.0284. The van der Waals surface area contributed by atoms with Crippen LogP contribution < -0.4 is 26.6 Å². The maximum absolute atomic E-state index is 14.1. The number of nitrogens with zero attached hydrogens (tertiary/aromatic N) is 14. The Labute approximate surface area is 904 Å². The number of benzene rings is 3. The number of fused-ring (bicyclic) bond motifs is 6. The molecule has 0 radical (unpaired) electrons. The van der Waals surface area contributed by atoms with Crippen LogP contribution in [0.2, 0.25) is 0 Å². The van der Waals surface area contributed by atoms with Crippen LogP contribution >= 0.6 is 77.2 Å². The van der Waals surface area contributed by atoms with Gasteiger partial charge >= 0.3 is 0 Å². The lowest BCUT2D eigenvalue weighted by Crippen LogP contribution is -2.56. The van der Waals surface area contributed by atoms with E-state index < -0.39 is 24.2 Å². The Balaban J connectivity index is 0.000000130. The molecule has 2 aliphatic carbocycles. The van der Waals surface area contributed by atoms with E-state index in [1.54, 1.807) is 65.6 Å². The summed E-state index contributed by atoms with van der Waals surface area (Å²) in [6, 6.07) is 36.1. The van der Waals surface area contributed by atoms with Gasteiger partial charge < -0.3 is 60.1 Å². The number of para-hydroxylation sites is 3. The summed E-state index contributed by atoms with van der Waals surface area (Å²) in [4.78, 5) is 145. The Bertz CT molecular complexity index is 6680. The lowest BCUT2D eigenvalue weighted by atomic mass is 9.83. The van der Waals surface area contributed by atoms with E-state index in [2.05, 4.69) is 160 Å². The monoisotopic (exact) mass is 2220 g/mol. The largest absolute Gasteiger partial charge is 0.381 e. The number of pyridine rings is 4. The predicted molar refractivity (Wildman–Crippen MR) is 596 cm³/mol. The zero-order valence-corrected chi connectivity index (χ0v) is 93.2. The topological polar surface area (TPSA) is 340 Å². The molecule has 2 saturated carbocycles. The highest BCUT2D eigenvalue weighted by atomic mass is 79.9. The van der Waals surface area contributed by atoms with Gasteiger partial charge in [0.15, 0.2) is 5.65 Å². The molecular weight excluding hydrogens is 2080 g/mol. The first-order valence-electron chi connectivity index (χ1n) is 53.9. The maximum Gasteiger partial charge on any atom is 0.246 e. The number of likely N-dealkylation sites (N-methyl/N-ethyl adjacent to an activating group) is 1. The van der Waals surface area contributed by atoms with E-state index in [0.717, 1.165) is 272 Å². The number of ether oxygens (including phenoxy) is 2. The van der Waals surface area contributed by atoms with E-state index >= 15 is 0 Å². The number of hydrogen-bond acceptors (Lipinski definition) is 23. The summed E-state index contributed by atoms with van der Waals surface area (Å²) in [6.07, 6.45) is 27.4. The number of hydrogen-bond donors (Lipinski definition) is 5. The molecule has 0 unspecified atom stereocenters. The number of carbonyl (C=O) groups excluding carboxylic acids is 8. The lowest BCUT2D eigenvalue weighted by Gasteiger charge is -2.35. The van der Waals surface area contributed by atoms with E-state index in [0.29, 0.717) is 46.1 Å². The van der Waals surface area contributed by atoms with Crippen LogP contribution in [0.3, 0.4) is 0 Å². The molecule has 8 fully saturated rings. The Morgan fingerprint density at radius 1 is 0.396 bits per heavy atom. The fourth-order valence-corrected chi connectivity index (χ4v) is 27.4. The Kier molecular flexibility index (Phi) is 36.4. The zero-order valence-electron chi connectivity index (χ0n) is 86.7. The van der Waals surface area contributed by atoms with Crippen molar-refractivity contribution in [1.29, 1.82) is 0 Å². The van der Waals surface area contributed by atoms with Crippen molar-refractivity contribution in [3.05, 3.63) is 184 Å². The van der Waals surface area contributed by atoms with Gasteiger partial charge in [-0.1, -0.05) is 141 Å². The van der Waals surface area contributed by atoms with Gasteiger partial charge in [0, 0.05) is 136 Å². The van der Waals surface area contributed by atoms with Crippen molar-refractivity contribution in [3.63, 3.8) is 0 Å². The summed E-state index contributed by atoms with van der Waals surface area (Å²) in [5.41, 5.74) is 13.8. The summed E-state index contributed by atoms with van der Waals surface area (Å²) >= 11 is 13.5. The van der Waals surface area contributed by atoms with E-state index in [1.165, 1.54) is 18.4 Å². The molecule has 149 heavy (non-hydrogen) atoms. The Morgan fingerprint density at radius 3 is 1.15 bits per heavy atom. The minimum absolute atomic E-state index is 0.00397. The molecule has 8 amide bonds. The van der Waals surface area contributed by atoms with Crippen molar-refractivity contribution in [2.45, 2.75) is 270 Å². The molecule has 13 aromatic rings. The number of rotatable bonds is 28. The predicted octanol–water partition coefficient (Wildman–Crippen LogP) is 22.0. The van der Waals surface area contributed by atoms with Gasteiger partial charge in [0.2, 0.25) is 47.3 Å². The third-order valence-electron chi connectivity index (χ3n) is 32.0. The molecule has 0 spiro atoms. The molecule has 16 heterocycles. The van der Waals surface area contributed by atoms with Gasteiger partial charge in [-0.05, 0) is 259 Å². The van der Waals surface area contributed by atoms with Gasteiger partial charge in [-0.25, -0.2) is 29.9 Å². The number of thiazole rings is 4. The number of halogens is 2. The number of aryl methyl sites for hydroxylation is 1. The summed E-state index contributed by atoms with van der Waals surface area (Å²) in [7, 11) is 1.75. The van der Waals surface area contributed by atoms with Crippen LogP contribution in [0.1, 0.15) is 259 Å². The molecule has 12 atom stereocenters. The van der Waals surface area contributed by atoms with Crippen molar-refractivity contribution in [3.8, 4) is 45.2 Å². The van der Waals surface area contributed by atoms with Gasteiger partial charge in [-0.15, -0.1) is 55.5 Å². The van der Waals surface area contributed by atoms with Gasteiger partial charge in [-0.3, -0.25) is 42.8 Å².